The molecule has 0 saturated heterocycles. The topological polar surface area (TPSA) is 84.0 Å². The summed E-state index contributed by atoms with van der Waals surface area (Å²) in [6.45, 7) is 3.76. The predicted molar refractivity (Wildman–Crippen MR) is 126 cm³/mol. The number of rotatable bonds is 8. The van der Waals surface area contributed by atoms with E-state index in [-0.39, 0.29) is 29.9 Å². The van der Waals surface area contributed by atoms with Crippen LogP contribution in [0.15, 0.2) is 47.5 Å². The summed E-state index contributed by atoms with van der Waals surface area (Å²) >= 11 is 0. The molecule has 0 heterocycles. The molecule has 0 bridgehead atoms. The molecule has 0 fully saturated rings. The molecule has 0 aliphatic heterocycles. The van der Waals surface area contributed by atoms with Crippen molar-refractivity contribution >= 4 is 35.8 Å². The van der Waals surface area contributed by atoms with Gasteiger partial charge in [-0.3, -0.25) is 4.79 Å². The number of nitrogens with zero attached hydrogens (tertiary/aromatic N) is 1. The third-order valence-electron chi connectivity index (χ3n) is 4.12. The minimum Gasteiger partial charge on any atom is -0.497 e. The second-order valence-electron chi connectivity index (χ2n) is 6.01. The second kappa shape index (κ2) is 12.9. The molecule has 158 valence electrons. The second-order valence-corrected chi connectivity index (χ2v) is 6.01. The number of benzene rings is 2. The monoisotopic (exact) mass is 512 g/mol. The Hall–Kier alpha value is -2.49. The number of amides is 1. The molecule has 0 aliphatic rings. The van der Waals surface area contributed by atoms with Crippen molar-refractivity contribution in [3.63, 3.8) is 0 Å². The fraction of sp³-hybridized carbons (Fsp3) is 0.333. The van der Waals surface area contributed by atoms with E-state index in [1.165, 1.54) is 0 Å². The molecule has 0 atom stereocenters. The van der Waals surface area contributed by atoms with Crippen LogP contribution in [0.4, 0.5) is 0 Å². The van der Waals surface area contributed by atoms with Crippen molar-refractivity contribution in [1.29, 1.82) is 0 Å². The molecule has 2 aromatic carbocycles. The zero-order valence-corrected chi connectivity index (χ0v) is 19.6. The van der Waals surface area contributed by atoms with Crippen molar-refractivity contribution in [1.82, 2.24) is 16.0 Å². The molecule has 0 spiro atoms. The number of carbonyl (C=O) groups excluding carboxylic acids is 1. The summed E-state index contributed by atoms with van der Waals surface area (Å²) < 4.78 is 10.7. The fourth-order valence-electron chi connectivity index (χ4n) is 2.64. The Morgan fingerprint density at radius 3 is 2.52 bits per heavy atom. The van der Waals surface area contributed by atoms with Crippen molar-refractivity contribution in [3.05, 3.63) is 59.2 Å². The Morgan fingerprint density at radius 2 is 1.86 bits per heavy atom. The highest BCUT2D eigenvalue weighted by atomic mass is 127. The summed E-state index contributed by atoms with van der Waals surface area (Å²) in [5.74, 6) is 2.08. The normalized spacial score (nSPS) is 10.6. The molecule has 0 saturated carbocycles. The summed E-state index contributed by atoms with van der Waals surface area (Å²) in [4.78, 5) is 16.4. The number of nitrogens with one attached hydrogen (secondary N) is 3. The van der Waals surface area contributed by atoms with Crippen molar-refractivity contribution in [2.24, 2.45) is 4.99 Å². The maximum Gasteiger partial charge on any atom is 0.251 e. The molecule has 1 amide bonds. The van der Waals surface area contributed by atoms with Gasteiger partial charge in [-0.1, -0.05) is 12.1 Å². The first-order chi connectivity index (χ1) is 13.6. The molecular formula is C21H29IN4O3. The lowest BCUT2D eigenvalue weighted by Crippen LogP contribution is -2.36. The minimum absolute atomic E-state index is 0. The third-order valence-corrected chi connectivity index (χ3v) is 4.12. The Bertz CT molecular complexity index is 827. The van der Waals surface area contributed by atoms with Crippen LogP contribution >= 0.6 is 24.0 Å². The van der Waals surface area contributed by atoms with Gasteiger partial charge in [0.2, 0.25) is 0 Å². The minimum atomic E-state index is -0.109. The van der Waals surface area contributed by atoms with E-state index in [0.29, 0.717) is 24.6 Å². The van der Waals surface area contributed by atoms with E-state index in [1.807, 2.05) is 43.3 Å². The van der Waals surface area contributed by atoms with Gasteiger partial charge in [0.05, 0.1) is 20.8 Å². The van der Waals surface area contributed by atoms with E-state index in [4.69, 9.17) is 9.47 Å². The molecule has 0 radical (unpaired) electrons. The molecule has 8 heteroatoms. The maximum atomic E-state index is 11.8. The maximum absolute atomic E-state index is 11.8. The molecule has 7 nitrogen and oxygen atoms in total. The first-order valence-corrected chi connectivity index (χ1v) is 9.15. The lowest BCUT2D eigenvalue weighted by Gasteiger charge is -2.14. The smallest absolute Gasteiger partial charge is 0.251 e. The number of hydrogen-bond donors (Lipinski definition) is 3. The van der Waals surface area contributed by atoms with Crippen molar-refractivity contribution in [2.75, 3.05) is 27.8 Å². The molecule has 29 heavy (non-hydrogen) atoms. The lowest BCUT2D eigenvalue weighted by atomic mass is 10.1. The van der Waals surface area contributed by atoms with Crippen molar-refractivity contribution in [2.45, 2.75) is 20.0 Å². The predicted octanol–water partition coefficient (Wildman–Crippen LogP) is 2.94. The van der Waals surface area contributed by atoms with E-state index in [2.05, 4.69) is 20.9 Å². The molecule has 2 aromatic rings. The quantitative estimate of drug-likeness (QED) is 0.288. The zero-order chi connectivity index (χ0) is 20.4. The van der Waals surface area contributed by atoms with Crippen LogP contribution in [0.2, 0.25) is 0 Å². The van der Waals surface area contributed by atoms with E-state index >= 15 is 0 Å². The zero-order valence-electron chi connectivity index (χ0n) is 17.2. The van der Waals surface area contributed by atoms with Crippen LogP contribution in [0.5, 0.6) is 11.5 Å². The Labute approximate surface area is 189 Å². The van der Waals surface area contributed by atoms with Crippen molar-refractivity contribution in [3.8, 4) is 11.5 Å². The van der Waals surface area contributed by atoms with E-state index in [9.17, 15) is 4.79 Å². The van der Waals surface area contributed by atoms with Crippen LogP contribution in [0, 0.1) is 0 Å². The first-order valence-electron chi connectivity index (χ1n) is 9.15. The van der Waals surface area contributed by atoms with Gasteiger partial charge in [-0.05, 0) is 36.8 Å². The highest BCUT2D eigenvalue weighted by Crippen LogP contribution is 2.24. The molecule has 3 N–H and O–H groups in total. The van der Waals surface area contributed by atoms with Crippen LogP contribution < -0.4 is 25.4 Å². The summed E-state index contributed by atoms with van der Waals surface area (Å²) in [5.41, 5.74) is 2.58. The molecule has 0 unspecified atom stereocenters. The van der Waals surface area contributed by atoms with Gasteiger partial charge in [0.15, 0.2) is 5.96 Å². The first kappa shape index (κ1) is 24.5. The van der Waals surface area contributed by atoms with Gasteiger partial charge in [0.25, 0.3) is 5.91 Å². The largest absolute Gasteiger partial charge is 0.497 e. The highest BCUT2D eigenvalue weighted by Gasteiger charge is 2.07. The molecular weight excluding hydrogens is 483 g/mol. The Balaban J connectivity index is 0.00000420. The standard InChI is InChI=1S/C21H28N4O3.HI/c1-5-23-21(24-13-15-7-6-8-16(11-15)20(26)22-2)25-14-17-9-10-18(27-3)12-19(17)28-4;/h6-12H,5,13-14H2,1-4H3,(H,22,26)(H2,23,24,25);1H. The SMILES string of the molecule is CCNC(=NCc1cccc(C(=O)NC)c1)NCc1ccc(OC)cc1OC.I. The average Bonchev–Trinajstić information content (AvgIpc) is 2.75. The number of halogens is 1. The summed E-state index contributed by atoms with van der Waals surface area (Å²) in [7, 11) is 4.88. The number of hydrogen-bond acceptors (Lipinski definition) is 4. The Morgan fingerprint density at radius 1 is 1.07 bits per heavy atom. The van der Waals surface area contributed by atoms with E-state index in [1.54, 1.807) is 27.3 Å². The van der Waals surface area contributed by atoms with Gasteiger partial charge in [-0.25, -0.2) is 4.99 Å². The van der Waals surface area contributed by atoms with E-state index in [0.717, 1.165) is 29.2 Å². The number of methoxy groups -OCH3 is 2. The number of carbonyl (C=O) groups is 1. The van der Waals surface area contributed by atoms with Crippen LogP contribution in [-0.4, -0.2) is 39.7 Å². The molecule has 2 rings (SSSR count). The number of guanidine groups is 1. The van der Waals surface area contributed by atoms with Gasteiger partial charge in [0.1, 0.15) is 11.5 Å². The van der Waals surface area contributed by atoms with Gasteiger partial charge < -0.3 is 25.4 Å². The van der Waals surface area contributed by atoms with Crippen LogP contribution in [0.25, 0.3) is 0 Å². The van der Waals surface area contributed by atoms with Crippen LogP contribution in [0.3, 0.4) is 0 Å². The van der Waals surface area contributed by atoms with Crippen molar-refractivity contribution < 1.29 is 14.3 Å². The fourth-order valence-corrected chi connectivity index (χ4v) is 2.64. The number of ether oxygens (including phenoxy) is 2. The van der Waals surface area contributed by atoms with Gasteiger partial charge in [-0.2, -0.15) is 0 Å². The lowest BCUT2D eigenvalue weighted by molar-refractivity contribution is 0.0963. The summed E-state index contributed by atoms with van der Waals surface area (Å²) in [6.07, 6.45) is 0. The number of aliphatic imine (C=N–C) groups is 1. The van der Waals surface area contributed by atoms with E-state index < -0.39 is 0 Å². The van der Waals surface area contributed by atoms with Gasteiger partial charge >= 0.3 is 0 Å². The average molecular weight is 512 g/mol. The van der Waals surface area contributed by atoms with Crippen LogP contribution in [-0.2, 0) is 13.1 Å². The Kier molecular flexibility index (Phi) is 10.9. The van der Waals surface area contributed by atoms with Gasteiger partial charge in [-0.15, -0.1) is 24.0 Å². The van der Waals surface area contributed by atoms with Crippen LogP contribution in [0.1, 0.15) is 28.4 Å². The van der Waals surface area contributed by atoms with Gasteiger partial charge in [0, 0.05) is 37.3 Å². The molecule has 0 aliphatic carbocycles. The third kappa shape index (κ3) is 7.45. The summed E-state index contributed by atoms with van der Waals surface area (Å²) in [6, 6.07) is 13.1. The molecule has 0 aromatic heterocycles. The summed E-state index contributed by atoms with van der Waals surface area (Å²) in [5, 5.41) is 9.16. The highest BCUT2D eigenvalue weighted by molar-refractivity contribution is 14.0.